The number of hydrogen-bond donors (Lipinski definition) is 0. The molecule has 0 N–H and O–H groups in total. The van der Waals surface area contributed by atoms with Gasteiger partial charge in [-0.15, -0.1) is 0 Å². The Labute approximate surface area is 416 Å². The van der Waals surface area contributed by atoms with E-state index in [1.807, 2.05) is 12.2 Å². The van der Waals surface area contributed by atoms with Gasteiger partial charge in [0.2, 0.25) is 0 Å². The Morgan fingerprint density at radius 3 is 0.881 bits per heavy atom. The molecule has 1 atom stereocenters. The first-order valence-corrected chi connectivity index (χ1v) is 29.1. The summed E-state index contributed by atoms with van der Waals surface area (Å²) in [6.45, 7) is 6.43. The molecule has 6 heteroatoms. The van der Waals surface area contributed by atoms with Gasteiger partial charge in [0.15, 0.2) is 6.10 Å². The molecule has 0 rings (SSSR count). The first-order valence-electron chi connectivity index (χ1n) is 29.1. The van der Waals surface area contributed by atoms with Crippen LogP contribution >= 0.6 is 0 Å². The van der Waals surface area contributed by atoms with Crippen LogP contribution in [0.3, 0.4) is 0 Å². The fourth-order valence-corrected chi connectivity index (χ4v) is 8.52. The molecule has 0 radical (unpaired) electrons. The molecular formula is C61H110O6. The van der Waals surface area contributed by atoms with E-state index in [-0.39, 0.29) is 37.5 Å². The van der Waals surface area contributed by atoms with Crippen molar-refractivity contribution in [3.63, 3.8) is 0 Å². The zero-order valence-corrected chi connectivity index (χ0v) is 44.7. The van der Waals surface area contributed by atoms with Gasteiger partial charge in [-0.1, -0.05) is 288 Å². The lowest BCUT2D eigenvalue weighted by molar-refractivity contribution is -0.166. The van der Waals surface area contributed by atoms with Crippen molar-refractivity contribution in [2.45, 2.75) is 309 Å². The van der Waals surface area contributed by atoms with Gasteiger partial charge in [-0.2, -0.15) is 0 Å². The summed E-state index contributed by atoms with van der Waals surface area (Å²) >= 11 is 0. The van der Waals surface area contributed by atoms with E-state index in [1.165, 1.54) is 193 Å². The molecule has 0 fully saturated rings. The predicted molar refractivity (Wildman–Crippen MR) is 289 cm³/mol. The molecule has 1 unspecified atom stereocenters. The van der Waals surface area contributed by atoms with Crippen LogP contribution in [0.1, 0.15) is 303 Å². The number of ether oxygens (including phenoxy) is 3. The fraction of sp³-hybridized carbons (Fsp3) is 0.820. The van der Waals surface area contributed by atoms with E-state index >= 15 is 0 Å². The monoisotopic (exact) mass is 939 g/mol. The molecule has 0 aliphatic heterocycles. The van der Waals surface area contributed by atoms with E-state index in [2.05, 4.69) is 57.2 Å². The number of carbonyl (C=O) groups is 3. The molecule has 0 spiro atoms. The molecule has 390 valence electrons. The molecule has 0 aromatic rings. The summed E-state index contributed by atoms with van der Waals surface area (Å²) in [5.74, 6) is -0.982. The SMILES string of the molecule is CC/C=C\C/C=C\C/C=C\C/C=C\CCC(=O)OC(COC(=O)CCCCCCCC)COC(=O)CCCCCCCCCCCCCCCCCCCCCCCCCCCCCCCC. The number of hydrogen-bond acceptors (Lipinski definition) is 6. The van der Waals surface area contributed by atoms with Gasteiger partial charge < -0.3 is 14.2 Å². The predicted octanol–water partition coefficient (Wildman–Crippen LogP) is 19.4. The third kappa shape index (κ3) is 54.2. The molecule has 0 aliphatic rings. The molecule has 0 bridgehead atoms. The molecule has 0 aromatic heterocycles. The number of esters is 3. The van der Waals surface area contributed by atoms with Gasteiger partial charge in [-0.05, 0) is 44.9 Å². The van der Waals surface area contributed by atoms with Gasteiger partial charge in [0.25, 0.3) is 0 Å². The van der Waals surface area contributed by atoms with E-state index in [9.17, 15) is 14.4 Å². The Bertz CT molecular complexity index is 1170. The fourth-order valence-electron chi connectivity index (χ4n) is 8.52. The highest BCUT2D eigenvalue weighted by Gasteiger charge is 2.19. The van der Waals surface area contributed by atoms with Gasteiger partial charge in [0.05, 0.1) is 0 Å². The highest BCUT2D eigenvalue weighted by atomic mass is 16.6. The van der Waals surface area contributed by atoms with Crippen LogP contribution in [0.4, 0.5) is 0 Å². The van der Waals surface area contributed by atoms with Crippen LogP contribution < -0.4 is 0 Å². The Morgan fingerprint density at radius 2 is 0.582 bits per heavy atom. The van der Waals surface area contributed by atoms with E-state index < -0.39 is 6.10 Å². The molecular weight excluding hydrogens is 829 g/mol. The highest BCUT2D eigenvalue weighted by molar-refractivity contribution is 5.71. The summed E-state index contributed by atoms with van der Waals surface area (Å²) in [4.78, 5) is 37.7. The Kier molecular flexibility index (Phi) is 53.8. The van der Waals surface area contributed by atoms with Crippen molar-refractivity contribution in [2.24, 2.45) is 0 Å². The van der Waals surface area contributed by atoms with Crippen molar-refractivity contribution < 1.29 is 28.6 Å². The van der Waals surface area contributed by atoms with Gasteiger partial charge >= 0.3 is 17.9 Å². The quantitative estimate of drug-likeness (QED) is 0.0262. The molecule has 0 amide bonds. The average Bonchev–Trinajstić information content (AvgIpc) is 3.33. The van der Waals surface area contributed by atoms with Crippen LogP contribution in [0.15, 0.2) is 48.6 Å². The van der Waals surface area contributed by atoms with Crippen molar-refractivity contribution >= 4 is 17.9 Å². The average molecular weight is 940 g/mol. The first-order chi connectivity index (χ1) is 33.0. The van der Waals surface area contributed by atoms with Crippen LogP contribution in [0.25, 0.3) is 0 Å². The van der Waals surface area contributed by atoms with Gasteiger partial charge in [-0.3, -0.25) is 14.4 Å². The molecule has 0 saturated carbocycles. The van der Waals surface area contributed by atoms with Crippen molar-refractivity contribution in [3.8, 4) is 0 Å². The second-order valence-corrected chi connectivity index (χ2v) is 19.5. The lowest BCUT2D eigenvalue weighted by Crippen LogP contribution is -2.30. The molecule has 0 heterocycles. The molecule has 67 heavy (non-hydrogen) atoms. The van der Waals surface area contributed by atoms with Crippen LogP contribution in [0.2, 0.25) is 0 Å². The summed E-state index contributed by atoms with van der Waals surface area (Å²) in [6, 6.07) is 0. The summed E-state index contributed by atoms with van der Waals surface area (Å²) in [5.41, 5.74) is 0. The number of carbonyl (C=O) groups excluding carboxylic acids is 3. The maximum absolute atomic E-state index is 12.7. The van der Waals surface area contributed by atoms with Gasteiger partial charge in [-0.25, -0.2) is 0 Å². The van der Waals surface area contributed by atoms with Crippen molar-refractivity contribution in [2.75, 3.05) is 13.2 Å². The van der Waals surface area contributed by atoms with Crippen molar-refractivity contribution in [3.05, 3.63) is 48.6 Å². The standard InChI is InChI=1S/C61H110O6/c1-4-7-10-13-16-18-20-22-23-24-25-26-27-28-29-30-31-32-33-34-35-36-37-38-40-41-43-45-48-51-54-60(63)66-57-58(56-65-59(62)53-50-47-15-12-9-6-3)67-61(64)55-52-49-46-44-42-39-21-19-17-14-11-8-5-2/h8,11,17,19,39,42,46,49,58H,4-7,9-10,12-16,18,20-38,40-41,43-45,47-48,50-57H2,1-3H3/b11-8-,19-17-,42-39-,49-46-. The lowest BCUT2D eigenvalue weighted by Gasteiger charge is -2.18. The first kappa shape index (κ1) is 64.4. The molecule has 0 saturated heterocycles. The normalized spacial score (nSPS) is 12.3. The minimum Gasteiger partial charge on any atom is -0.462 e. The van der Waals surface area contributed by atoms with Crippen LogP contribution in [0, 0.1) is 0 Å². The van der Waals surface area contributed by atoms with Crippen molar-refractivity contribution in [1.82, 2.24) is 0 Å². The second-order valence-electron chi connectivity index (χ2n) is 19.5. The Morgan fingerprint density at radius 1 is 0.313 bits per heavy atom. The summed E-state index contributed by atoms with van der Waals surface area (Å²) < 4.78 is 16.6. The Hall–Kier alpha value is -2.63. The number of unbranched alkanes of at least 4 members (excludes halogenated alkanes) is 34. The maximum Gasteiger partial charge on any atom is 0.306 e. The maximum atomic E-state index is 12.7. The minimum atomic E-state index is -0.805. The van der Waals surface area contributed by atoms with E-state index in [0.717, 1.165) is 64.2 Å². The number of rotatable bonds is 53. The highest BCUT2D eigenvalue weighted by Crippen LogP contribution is 2.17. The smallest absolute Gasteiger partial charge is 0.306 e. The summed E-state index contributed by atoms with van der Waals surface area (Å²) in [6.07, 6.45) is 69.0. The largest absolute Gasteiger partial charge is 0.462 e. The Balaban J connectivity index is 3.97. The van der Waals surface area contributed by atoms with Crippen LogP contribution in [-0.2, 0) is 28.6 Å². The second kappa shape index (κ2) is 56.0. The summed E-state index contributed by atoms with van der Waals surface area (Å²) in [7, 11) is 0. The third-order valence-corrected chi connectivity index (χ3v) is 12.9. The lowest BCUT2D eigenvalue weighted by atomic mass is 10.0. The van der Waals surface area contributed by atoms with Gasteiger partial charge in [0.1, 0.15) is 13.2 Å². The minimum absolute atomic E-state index is 0.0988. The molecule has 6 nitrogen and oxygen atoms in total. The van der Waals surface area contributed by atoms with Gasteiger partial charge in [0, 0.05) is 19.3 Å². The summed E-state index contributed by atoms with van der Waals surface area (Å²) in [5, 5.41) is 0. The molecule has 0 aliphatic carbocycles. The zero-order valence-electron chi connectivity index (χ0n) is 44.7. The molecule has 0 aromatic carbocycles. The zero-order chi connectivity index (χ0) is 48.6. The third-order valence-electron chi connectivity index (χ3n) is 12.9. The van der Waals surface area contributed by atoms with Crippen LogP contribution in [0.5, 0.6) is 0 Å². The number of allylic oxidation sites excluding steroid dienone is 8. The van der Waals surface area contributed by atoms with Crippen molar-refractivity contribution in [1.29, 1.82) is 0 Å². The van der Waals surface area contributed by atoms with E-state index in [1.54, 1.807) is 0 Å². The van der Waals surface area contributed by atoms with E-state index in [4.69, 9.17) is 14.2 Å². The topological polar surface area (TPSA) is 78.9 Å². The van der Waals surface area contributed by atoms with E-state index in [0.29, 0.717) is 19.3 Å². The van der Waals surface area contributed by atoms with Crippen LogP contribution in [-0.4, -0.2) is 37.2 Å².